The third-order valence-corrected chi connectivity index (χ3v) is 6.10. The summed E-state index contributed by atoms with van der Waals surface area (Å²) in [5, 5.41) is 2.77. The van der Waals surface area contributed by atoms with Crippen LogP contribution < -0.4 is 9.46 Å². The molecular formula is C18H17FN2O3S2. The summed E-state index contributed by atoms with van der Waals surface area (Å²) in [6.07, 6.45) is 0.465. The summed E-state index contributed by atoms with van der Waals surface area (Å²) in [7, 11) is -2.04. The lowest BCUT2D eigenvalue weighted by Gasteiger charge is -2.05. The van der Waals surface area contributed by atoms with Crippen molar-refractivity contribution in [2.24, 2.45) is 0 Å². The van der Waals surface area contributed by atoms with E-state index < -0.39 is 15.8 Å². The highest BCUT2D eigenvalue weighted by molar-refractivity contribution is 7.89. The van der Waals surface area contributed by atoms with Gasteiger partial charge in [-0.05, 0) is 48.5 Å². The van der Waals surface area contributed by atoms with E-state index in [1.807, 2.05) is 29.6 Å². The summed E-state index contributed by atoms with van der Waals surface area (Å²) in [6, 6.07) is 12.3. The molecule has 0 aliphatic carbocycles. The van der Waals surface area contributed by atoms with E-state index in [-0.39, 0.29) is 11.4 Å². The molecule has 0 saturated carbocycles. The van der Waals surface area contributed by atoms with Gasteiger partial charge in [-0.15, -0.1) is 11.3 Å². The average Bonchev–Trinajstić information content (AvgIpc) is 3.11. The highest BCUT2D eigenvalue weighted by atomic mass is 32.2. The van der Waals surface area contributed by atoms with E-state index >= 15 is 0 Å². The van der Waals surface area contributed by atoms with Gasteiger partial charge in [0.25, 0.3) is 0 Å². The van der Waals surface area contributed by atoms with Crippen LogP contribution >= 0.6 is 11.3 Å². The topological polar surface area (TPSA) is 68.3 Å². The van der Waals surface area contributed by atoms with Crippen LogP contribution in [0, 0.1) is 5.82 Å². The lowest BCUT2D eigenvalue weighted by Crippen LogP contribution is -2.26. The zero-order valence-corrected chi connectivity index (χ0v) is 15.6. The average molecular weight is 392 g/mol. The molecule has 8 heteroatoms. The molecule has 0 aliphatic rings. The molecule has 0 saturated heterocycles. The van der Waals surface area contributed by atoms with Crippen LogP contribution in [0.3, 0.4) is 0 Å². The van der Waals surface area contributed by atoms with Gasteiger partial charge in [0.15, 0.2) is 0 Å². The summed E-state index contributed by atoms with van der Waals surface area (Å²) < 4.78 is 44.9. The Morgan fingerprint density at radius 2 is 1.81 bits per heavy atom. The lowest BCUT2D eigenvalue weighted by molar-refractivity contribution is 0.415. The van der Waals surface area contributed by atoms with Crippen molar-refractivity contribution in [3.05, 3.63) is 65.4 Å². The van der Waals surface area contributed by atoms with Crippen molar-refractivity contribution in [2.75, 3.05) is 13.7 Å². The molecule has 1 aromatic heterocycles. The number of nitrogens with zero attached hydrogens (tertiary/aromatic N) is 1. The molecule has 3 aromatic rings. The molecule has 1 N–H and O–H groups in total. The van der Waals surface area contributed by atoms with E-state index in [4.69, 9.17) is 4.74 Å². The van der Waals surface area contributed by atoms with Crippen LogP contribution in [0.25, 0.3) is 10.6 Å². The van der Waals surface area contributed by atoms with Crippen LogP contribution in [0.1, 0.15) is 5.69 Å². The van der Waals surface area contributed by atoms with Crippen molar-refractivity contribution in [1.82, 2.24) is 9.71 Å². The fraction of sp³-hybridized carbons (Fsp3) is 0.167. The molecule has 136 valence electrons. The first-order valence-corrected chi connectivity index (χ1v) is 10.2. The highest BCUT2D eigenvalue weighted by Gasteiger charge is 2.14. The fourth-order valence-electron chi connectivity index (χ4n) is 2.30. The summed E-state index contributed by atoms with van der Waals surface area (Å²) in [6.45, 7) is 0.214. The maximum absolute atomic E-state index is 12.9. The van der Waals surface area contributed by atoms with Gasteiger partial charge in [-0.25, -0.2) is 22.5 Å². The number of benzene rings is 2. The van der Waals surface area contributed by atoms with Crippen molar-refractivity contribution in [2.45, 2.75) is 11.3 Å². The molecule has 0 unspecified atom stereocenters. The maximum Gasteiger partial charge on any atom is 0.240 e. The Morgan fingerprint density at radius 1 is 1.12 bits per heavy atom. The molecule has 0 amide bonds. The van der Waals surface area contributed by atoms with Crippen LogP contribution in [-0.4, -0.2) is 27.1 Å². The number of thiazole rings is 1. The van der Waals surface area contributed by atoms with Gasteiger partial charge < -0.3 is 4.74 Å². The van der Waals surface area contributed by atoms with Gasteiger partial charge in [0.1, 0.15) is 16.6 Å². The van der Waals surface area contributed by atoms with Crippen LogP contribution in [0.4, 0.5) is 4.39 Å². The molecule has 0 fully saturated rings. The predicted octanol–water partition coefficient (Wildman–Crippen LogP) is 3.48. The standard InChI is InChI=1S/C18H17FN2O3S2/c1-24-16-6-2-13(3-7-16)18-21-15(12-25-18)10-11-20-26(22,23)17-8-4-14(19)5-9-17/h2-9,12,20H,10-11H2,1H3. The predicted molar refractivity (Wildman–Crippen MR) is 99.4 cm³/mol. The number of hydrogen-bond donors (Lipinski definition) is 1. The largest absolute Gasteiger partial charge is 0.497 e. The molecule has 0 aliphatic heterocycles. The molecule has 0 spiro atoms. The number of nitrogens with one attached hydrogen (secondary N) is 1. The number of methoxy groups -OCH3 is 1. The van der Waals surface area contributed by atoms with Crippen LogP contribution in [0.5, 0.6) is 5.75 Å². The number of halogens is 1. The van der Waals surface area contributed by atoms with E-state index in [9.17, 15) is 12.8 Å². The third kappa shape index (κ3) is 4.46. The van der Waals surface area contributed by atoms with Gasteiger partial charge in [-0.3, -0.25) is 0 Å². The van der Waals surface area contributed by atoms with Gasteiger partial charge in [-0.2, -0.15) is 0 Å². The fourth-order valence-corrected chi connectivity index (χ4v) is 4.19. The second-order valence-corrected chi connectivity index (χ2v) is 8.10. The summed E-state index contributed by atoms with van der Waals surface area (Å²) in [4.78, 5) is 4.57. The van der Waals surface area contributed by atoms with E-state index in [1.54, 1.807) is 7.11 Å². The summed E-state index contributed by atoms with van der Waals surface area (Å²) >= 11 is 1.50. The van der Waals surface area contributed by atoms with Crippen molar-refractivity contribution in [3.63, 3.8) is 0 Å². The first-order chi connectivity index (χ1) is 12.5. The number of hydrogen-bond acceptors (Lipinski definition) is 5. The molecule has 5 nitrogen and oxygen atoms in total. The van der Waals surface area contributed by atoms with E-state index in [0.717, 1.165) is 34.1 Å². The van der Waals surface area contributed by atoms with Crippen LogP contribution in [0.2, 0.25) is 0 Å². The maximum atomic E-state index is 12.9. The Balaban J connectivity index is 1.60. The van der Waals surface area contributed by atoms with E-state index in [2.05, 4.69) is 9.71 Å². The first kappa shape index (κ1) is 18.5. The Kier molecular flexibility index (Phi) is 5.65. The third-order valence-electron chi connectivity index (χ3n) is 3.69. The summed E-state index contributed by atoms with van der Waals surface area (Å²) in [5.74, 6) is 0.304. The number of sulfonamides is 1. The number of rotatable bonds is 7. The monoisotopic (exact) mass is 392 g/mol. The second-order valence-electron chi connectivity index (χ2n) is 5.47. The minimum Gasteiger partial charge on any atom is -0.497 e. The van der Waals surface area contributed by atoms with Crippen molar-refractivity contribution >= 4 is 21.4 Å². The van der Waals surface area contributed by atoms with E-state index in [0.29, 0.717) is 6.42 Å². The SMILES string of the molecule is COc1ccc(-c2nc(CCNS(=O)(=O)c3ccc(F)cc3)cs2)cc1. The smallest absolute Gasteiger partial charge is 0.240 e. The number of aromatic nitrogens is 1. The molecule has 1 heterocycles. The zero-order chi connectivity index (χ0) is 18.6. The van der Waals surface area contributed by atoms with Gasteiger partial charge in [-0.1, -0.05) is 0 Å². The normalized spacial score (nSPS) is 11.5. The molecule has 0 bridgehead atoms. The number of ether oxygens (including phenoxy) is 1. The molecule has 3 rings (SSSR count). The summed E-state index contributed by atoms with van der Waals surface area (Å²) in [5.41, 5.74) is 1.79. The van der Waals surface area contributed by atoms with Crippen LogP contribution in [-0.2, 0) is 16.4 Å². The highest BCUT2D eigenvalue weighted by Crippen LogP contribution is 2.25. The van der Waals surface area contributed by atoms with Crippen LogP contribution in [0.15, 0.2) is 58.8 Å². The lowest BCUT2D eigenvalue weighted by atomic mass is 10.2. The Morgan fingerprint density at radius 3 is 2.46 bits per heavy atom. The molecule has 0 atom stereocenters. The van der Waals surface area contributed by atoms with Crippen molar-refractivity contribution in [3.8, 4) is 16.3 Å². The Hall–Kier alpha value is -2.29. The van der Waals surface area contributed by atoms with Gasteiger partial charge in [0.2, 0.25) is 10.0 Å². The van der Waals surface area contributed by atoms with Gasteiger partial charge >= 0.3 is 0 Å². The Labute approximate surface area is 155 Å². The second kappa shape index (κ2) is 7.94. The molecule has 0 radical (unpaired) electrons. The minimum atomic E-state index is -3.66. The minimum absolute atomic E-state index is 0.0381. The quantitative estimate of drug-likeness (QED) is 0.668. The Bertz CT molecular complexity index is 968. The molecule has 26 heavy (non-hydrogen) atoms. The van der Waals surface area contributed by atoms with Gasteiger partial charge in [0, 0.05) is 23.9 Å². The first-order valence-electron chi connectivity index (χ1n) is 7.82. The molecular weight excluding hydrogens is 375 g/mol. The van der Waals surface area contributed by atoms with Crippen molar-refractivity contribution < 1.29 is 17.5 Å². The zero-order valence-electron chi connectivity index (χ0n) is 14.0. The van der Waals surface area contributed by atoms with Crippen molar-refractivity contribution in [1.29, 1.82) is 0 Å². The van der Waals surface area contributed by atoms with E-state index in [1.165, 1.54) is 23.5 Å². The van der Waals surface area contributed by atoms with Gasteiger partial charge in [0.05, 0.1) is 17.7 Å². The molecule has 2 aromatic carbocycles.